The molecular weight excluding hydrogens is 280 g/mol. The topological polar surface area (TPSA) is 67.2 Å². The fraction of sp³-hybridized carbons (Fsp3) is 0.467. The Labute approximate surface area is 129 Å². The van der Waals surface area contributed by atoms with Gasteiger partial charge in [0.25, 0.3) is 5.91 Å². The van der Waals surface area contributed by atoms with E-state index >= 15 is 0 Å². The molecule has 0 saturated carbocycles. The average Bonchev–Trinajstić information content (AvgIpc) is 3.19. The van der Waals surface area contributed by atoms with Crippen molar-refractivity contribution in [2.24, 2.45) is 0 Å². The lowest BCUT2D eigenvalue weighted by Crippen LogP contribution is -2.38. The van der Waals surface area contributed by atoms with Crippen LogP contribution in [0.3, 0.4) is 0 Å². The van der Waals surface area contributed by atoms with Gasteiger partial charge >= 0.3 is 0 Å². The number of nitrogens with zero attached hydrogens (tertiary/aromatic N) is 6. The highest BCUT2D eigenvalue weighted by Gasteiger charge is 2.30. The van der Waals surface area contributed by atoms with Crippen LogP contribution in [0.4, 0.5) is 5.82 Å². The van der Waals surface area contributed by atoms with Gasteiger partial charge in [0.2, 0.25) is 0 Å². The molecule has 1 aliphatic rings. The van der Waals surface area contributed by atoms with E-state index < -0.39 is 0 Å². The predicted octanol–water partition coefficient (Wildman–Crippen LogP) is 1.04. The van der Waals surface area contributed by atoms with Gasteiger partial charge in [-0.3, -0.25) is 9.48 Å². The molecule has 0 radical (unpaired) electrons. The Morgan fingerprint density at radius 2 is 2.23 bits per heavy atom. The molecule has 1 unspecified atom stereocenters. The van der Waals surface area contributed by atoms with Crippen molar-refractivity contribution < 1.29 is 4.79 Å². The number of aromatic nitrogens is 4. The lowest BCUT2D eigenvalue weighted by Gasteiger charge is -2.24. The second-order valence-electron chi connectivity index (χ2n) is 5.69. The lowest BCUT2D eigenvalue weighted by molar-refractivity contribution is 0.0714. The van der Waals surface area contributed by atoms with Crippen LogP contribution in [0.2, 0.25) is 0 Å². The minimum Gasteiger partial charge on any atom is -0.361 e. The van der Waals surface area contributed by atoms with Crippen LogP contribution < -0.4 is 4.90 Å². The molecule has 0 spiro atoms. The van der Waals surface area contributed by atoms with E-state index in [1.54, 1.807) is 12.3 Å². The zero-order valence-electron chi connectivity index (χ0n) is 12.9. The van der Waals surface area contributed by atoms with Crippen molar-refractivity contribution in [1.82, 2.24) is 24.9 Å². The minimum absolute atomic E-state index is 0.0486. The third-order valence-electron chi connectivity index (χ3n) is 3.92. The molecule has 3 heterocycles. The summed E-state index contributed by atoms with van der Waals surface area (Å²) in [5.41, 5.74) is 0.401. The van der Waals surface area contributed by atoms with Gasteiger partial charge in [-0.25, -0.2) is 0 Å². The lowest BCUT2D eigenvalue weighted by atomic mass is 10.2. The molecule has 0 N–H and O–H groups in total. The average molecular weight is 300 g/mol. The van der Waals surface area contributed by atoms with Gasteiger partial charge in [-0.15, -0.1) is 10.2 Å². The van der Waals surface area contributed by atoms with E-state index in [0.717, 1.165) is 31.7 Å². The second kappa shape index (κ2) is 6.13. The summed E-state index contributed by atoms with van der Waals surface area (Å²) < 4.78 is 1.87. The first kappa shape index (κ1) is 14.5. The molecule has 2 aromatic heterocycles. The maximum absolute atomic E-state index is 12.6. The molecule has 1 fully saturated rings. The Morgan fingerprint density at radius 3 is 2.86 bits per heavy atom. The van der Waals surface area contributed by atoms with E-state index in [2.05, 4.69) is 15.3 Å². The monoisotopic (exact) mass is 300 g/mol. The maximum Gasteiger partial charge on any atom is 0.274 e. The van der Waals surface area contributed by atoms with E-state index in [1.807, 2.05) is 46.9 Å². The number of amides is 1. The van der Waals surface area contributed by atoms with E-state index in [1.165, 1.54) is 0 Å². The van der Waals surface area contributed by atoms with Crippen LogP contribution in [0.15, 0.2) is 30.6 Å². The Bertz CT molecular complexity index is 622. The summed E-state index contributed by atoms with van der Waals surface area (Å²) in [5, 5.41) is 12.4. The summed E-state index contributed by atoms with van der Waals surface area (Å²) in [6, 6.07) is 5.63. The fourth-order valence-electron chi connectivity index (χ4n) is 2.74. The summed E-state index contributed by atoms with van der Waals surface area (Å²) >= 11 is 0. The molecule has 0 bridgehead atoms. The number of hydrogen-bond acceptors (Lipinski definition) is 5. The normalized spacial score (nSPS) is 17.7. The van der Waals surface area contributed by atoms with Crippen molar-refractivity contribution >= 4 is 11.7 Å². The van der Waals surface area contributed by atoms with Crippen LogP contribution in [0, 0.1) is 0 Å². The molecule has 7 heteroatoms. The van der Waals surface area contributed by atoms with Crippen molar-refractivity contribution in [3.05, 3.63) is 36.3 Å². The fourth-order valence-corrected chi connectivity index (χ4v) is 2.74. The molecule has 1 saturated heterocycles. The van der Waals surface area contributed by atoms with Gasteiger partial charge in [0.1, 0.15) is 0 Å². The number of hydrogen-bond donors (Lipinski definition) is 0. The van der Waals surface area contributed by atoms with Gasteiger partial charge < -0.3 is 9.80 Å². The first-order valence-corrected chi connectivity index (χ1v) is 7.44. The van der Waals surface area contributed by atoms with E-state index in [0.29, 0.717) is 5.69 Å². The molecule has 1 amide bonds. The van der Waals surface area contributed by atoms with Crippen molar-refractivity contribution in [1.29, 1.82) is 0 Å². The molecule has 7 nitrogen and oxygen atoms in total. The number of rotatable bonds is 4. The highest BCUT2D eigenvalue weighted by molar-refractivity contribution is 5.92. The second-order valence-corrected chi connectivity index (χ2v) is 5.69. The number of carbonyl (C=O) groups excluding carboxylic acids is 1. The number of carbonyl (C=O) groups is 1. The smallest absolute Gasteiger partial charge is 0.274 e. The standard InChI is InChI=1S/C15H20N6O/c1-19(2)14-7-6-13(17-18-14)15(22)21-10-3-5-12(21)11-20-9-4-8-16-20/h4,6-9,12H,3,5,10-11H2,1-2H3. The third-order valence-corrected chi connectivity index (χ3v) is 3.92. The van der Waals surface area contributed by atoms with Crippen LogP contribution in [-0.2, 0) is 6.54 Å². The molecular formula is C15H20N6O. The minimum atomic E-state index is -0.0486. The first-order valence-electron chi connectivity index (χ1n) is 7.44. The third kappa shape index (κ3) is 2.93. The first-order chi connectivity index (χ1) is 10.6. The van der Waals surface area contributed by atoms with Crippen LogP contribution in [0.25, 0.3) is 0 Å². The van der Waals surface area contributed by atoms with Gasteiger partial charge in [0.05, 0.1) is 12.6 Å². The highest BCUT2D eigenvalue weighted by atomic mass is 16.2. The van der Waals surface area contributed by atoms with Gasteiger partial charge in [-0.05, 0) is 31.0 Å². The quantitative estimate of drug-likeness (QED) is 0.844. The van der Waals surface area contributed by atoms with Crippen molar-refractivity contribution in [2.75, 3.05) is 25.5 Å². The van der Waals surface area contributed by atoms with Crippen molar-refractivity contribution in [3.8, 4) is 0 Å². The zero-order chi connectivity index (χ0) is 15.5. The van der Waals surface area contributed by atoms with Crippen LogP contribution in [-0.4, -0.2) is 57.5 Å². The van der Waals surface area contributed by atoms with Crippen LogP contribution >= 0.6 is 0 Å². The highest BCUT2D eigenvalue weighted by Crippen LogP contribution is 2.21. The predicted molar refractivity (Wildman–Crippen MR) is 82.6 cm³/mol. The molecule has 2 aromatic rings. The Kier molecular flexibility index (Phi) is 4.04. The van der Waals surface area contributed by atoms with Gasteiger partial charge in [-0.2, -0.15) is 5.10 Å². The van der Waals surface area contributed by atoms with Gasteiger partial charge in [0.15, 0.2) is 11.5 Å². The molecule has 0 aromatic carbocycles. The molecule has 22 heavy (non-hydrogen) atoms. The molecule has 1 atom stereocenters. The Hall–Kier alpha value is -2.44. The molecule has 3 rings (SSSR count). The summed E-state index contributed by atoms with van der Waals surface area (Å²) in [6.45, 7) is 1.49. The maximum atomic E-state index is 12.6. The van der Waals surface area contributed by atoms with E-state index in [9.17, 15) is 4.79 Å². The van der Waals surface area contributed by atoms with Crippen molar-refractivity contribution in [3.63, 3.8) is 0 Å². The summed E-state index contributed by atoms with van der Waals surface area (Å²) in [5.74, 6) is 0.693. The summed E-state index contributed by atoms with van der Waals surface area (Å²) in [7, 11) is 3.79. The Balaban J connectivity index is 1.72. The summed E-state index contributed by atoms with van der Waals surface area (Å²) in [6.07, 6.45) is 5.69. The zero-order valence-corrected chi connectivity index (χ0v) is 12.9. The molecule has 116 valence electrons. The largest absolute Gasteiger partial charge is 0.361 e. The SMILES string of the molecule is CN(C)c1ccc(C(=O)N2CCCC2Cn2cccn2)nn1. The molecule has 0 aliphatic carbocycles. The van der Waals surface area contributed by atoms with E-state index in [4.69, 9.17) is 0 Å². The van der Waals surface area contributed by atoms with E-state index in [-0.39, 0.29) is 11.9 Å². The number of likely N-dealkylation sites (tertiary alicyclic amines) is 1. The summed E-state index contributed by atoms with van der Waals surface area (Å²) in [4.78, 5) is 16.4. The van der Waals surface area contributed by atoms with Crippen LogP contribution in [0.5, 0.6) is 0 Å². The number of anilines is 1. The van der Waals surface area contributed by atoms with Gasteiger partial charge in [-0.1, -0.05) is 0 Å². The van der Waals surface area contributed by atoms with Gasteiger partial charge in [0, 0.05) is 33.0 Å². The molecule has 1 aliphatic heterocycles. The van der Waals surface area contributed by atoms with Crippen LogP contribution in [0.1, 0.15) is 23.3 Å². The Morgan fingerprint density at radius 1 is 1.36 bits per heavy atom. The van der Waals surface area contributed by atoms with Crippen molar-refractivity contribution in [2.45, 2.75) is 25.4 Å².